The molecule has 1 aromatic carbocycles. The fraction of sp³-hybridized carbons (Fsp3) is 0.588. The molecule has 0 aliphatic carbocycles. The van der Waals surface area contributed by atoms with E-state index in [1.165, 1.54) is 27.1 Å². The molecule has 2 rings (SSSR count). The van der Waals surface area contributed by atoms with Crippen LogP contribution in [0.4, 0.5) is 0 Å². The Bertz CT molecular complexity index is 609. The van der Waals surface area contributed by atoms with E-state index in [2.05, 4.69) is 51.3 Å². The van der Waals surface area contributed by atoms with Crippen LogP contribution in [0.5, 0.6) is 5.75 Å². The van der Waals surface area contributed by atoms with E-state index >= 15 is 0 Å². The van der Waals surface area contributed by atoms with E-state index in [9.17, 15) is 0 Å². The second-order valence-corrected chi connectivity index (χ2v) is 7.34. The molecule has 0 radical (unpaired) electrons. The first kappa shape index (κ1) is 17.0. The van der Waals surface area contributed by atoms with Gasteiger partial charge in [0.25, 0.3) is 0 Å². The van der Waals surface area contributed by atoms with Crippen molar-refractivity contribution in [2.24, 2.45) is 10.7 Å². The lowest BCUT2D eigenvalue weighted by Gasteiger charge is -2.19. The highest BCUT2D eigenvalue weighted by Crippen LogP contribution is 2.44. The zero-order valence-electron chi connectivity index (χ0n) is 14.5. The summed E-state index contributed by atoms with van der Waals surface area (Å²) in [5, 5.41) is 0. The van der Waals surface area contributed by atoms with Crippen molar-refractivity contribution >= 4 is 17.9 Å². The highest BCUT2D eigenvalue weighted by atomic mass is 32.2. The molecule has 1 aromatic rings. The standard InChI is InChI=1S/C17H27N3OS/c1-7-8-19-16(18)20-22-15-11(3)10(2)14-13(12(15)4)9-17(5,6)21-14/h7-9H2,1-6H3,(H3,18,19,20). The molecule has 1 heterocycles. The molecule has 22 heavy (non-hydrogen) atoms. The van der Waals surface area contributed by atoms with Crippen molar-refractivity contribution in [2.45, 2.75) is 64.9 Å². The van der Waals surface area contributed by atoms with Gasteiger partial charge in [-0.15, -0.1) is 0 Å². The molecule has 0 saturated carbocycles. The Morgan fingerprint density at radius 2 is 1.95 bits per heavy atom. The van der Waals surface area contributed by atoms with Crippen molar-refractivity contribution in [1.29, 1.82) is 0 Å². The van der Waals surface area contributed by atoms with E-state index < -0.39 is 0 Å². The number of guanidine groups is 1. The number of rotatable bonds is 4. The molecule has 122 valence electrons. The van der Waals surface area contributed by atoms with Crippen LogP contribution in [0.25, 0.3) is 0 Å². The number of ether oxygens (including phenoxy) is 1. The van der Waals surface area contributed by atoms with E-state index in [0.717, 1.165) is 25.1 Å². The predicted octanol–water partition coefficient (Wildman–Crippen LogP) is 3.65. The minimum Gasteiger partial charge on any atom is -0.487 e. The Kier molecular flexibility index (Phi) is 4.95. The Hall–Kier alpha value is -1.36. The highest BCUT2D eigenvalue weighted by molar-refractivity contribution is 7.98. The van der Waals surface area contributed by atoms with Crippen LogP contribution in [-0.4, -0.2) is 18.1 Å². The fourth-order valence-electron chi connectivity index (χ4n) is 2.77. The van der Waals surface area contributed by atoms with E-state index in [1.54, 1.807) is 11.9 Å². The zero-order valence-corrected chi connectivity index (χ0v) is 15.3. The SMILES string of the molecule is CCCN=C(N)NSc1c(C)c(C)c2c(c1C)CC(C)(C)O2. The number of hydrogen-bond donors (Lipinski definition) is 2. The molecule has 1 aliphatic heterocycles. The van der Waals surface area contributed by atoms with Gasteiger partial charge in [0, 0.05) is 23.4 Å². The molecule has 0 bridgehead atoms. The topological polar surface area (TPSA) is 59.6 Å². The minimum atomic E-state index is -0.122. The molecule has 0 fully saturated rings. The molecule has 0 amide bonds. The lowest BCUT2D eigenvalue weighted by Crippen LogP contribution is -2.26. The summed E-state index contributed by atoms with van der Waals surface area (Å²) in [6.07, 6.45) is 1.94. The zero-order chi connectivity index (χ0) is 16.5. The summed E-state index contributed by atoms with van der Waals surface area (Å²) in [5.41, 5.74) is 10.8. The van der Waals surface area contributed by atoms with Crippen LogP contribution in [0.1, 0.15) is 49.4 Å². The van der Waals surface area contributed by atoms with Crippen molar-refractivity contribution in [3.63, 3.8) is 0 Å². The maximum atomic E-state index is 6.14. The number of nitrogens with two attached hydrogens (primary N) is 1. The quantitative estimate of drug-likeness (QED) is 0.505. The number of fused-ring (bicyclic) bond motifs is 1. The molecule has 3 N–H and O–H groups in total. The number of nitrogens with zero attached hydrogens (tertiary/aromatic N) is 1. The molecule has 4 nitrogen and oxygen atoms in total. The van der Waals surface area contributed by atoms with Gasteiger partial charge >= 0.3 is 0 Å². The van der Waals surface area contributed by atoms with Gasteiger partial charge in [0.2, 0.25) is 0 Å². The third-order valence-electron chi connectivity index (χ3n) is 4.06. The van der Waals surface area contributed by atoms with Gasteiger partial charge in [0.15, 0.2) is 5.96 Å². The summed E-state index contributed by atoms with van der Waals surface area (Å²) in [6, 6.07) is 0. The van der Waals surface area contributed by atoms with E-state index in [-0.39, 0.29) is 5.60 Å². The highest BCUT2D eigenvalue weighted by Gasteiger charge is 2.34. The molecule has 0 unspecified atom stereocenters. The smallest absolute Gasteiger partial charge is 0.199 e. The van der Waals surface area contributed by atoms with Gasteiger partial charge < -0.3 is 10.5 Å². The first-order valence-electron chi connectivity index (χ1n) is 7.81. The number of benzene rings is 1. The molecule has 5 heteroatoms. The summed E-state index contributed by atoms with van der Waals surface area (Å²) >= 11 is 1.55. The van der Waals surface area contributed by atoms with Crippen LogP contribution < -0.4 is 15.2 Å². The van der Waals surface area contributed by atoms with Gasteiger partial charge in [-0.25, -0.2) is 0 Å². The van der Waals surface area contributed by atoms with Crippen molar-refractivity contribution in [3.8, 4) is 5.75 Å². The molecule has 1 aliphatic rings. The van der Waals surface area contributed by atoms with Crippen molar-refractivity contribution in [2.75, 3.05) is 6.54 Å². The van der Waals surface area contributed by atoms with E-state index in [1.807, 2.05) is 0 Å². The second-order valence-electron chi connectivity index (χ2n) is 6.52. The lowest BCUT2D eigenvalue weighted by molar-refractivity contribution is 0.137. The van der Waals surface area contributed by atoms with Crippen LogP contribution in [0.15, 0.2) is 9.89 Å². The van der Waals surface area contributed by atoms with Crippen LogP contribution in [0.2, 0.25) is 0 Å². The average molecular weight is 321 g/mol. The van der Waals surface area contributed by atoms with Gasteiger partial charge in [0.05, 0.1) is 0 Å². The maximum Gasteiger partial charge on any atom is 0.199 e. The van der Waals surface area contributed by atoms with Gasteiger partial charge in [-0.2, -0.15) is 0 Å². The summed E-state index contributed by atoms with van der Waals surface area (Å²) in [6.45, 7) is 13.6. The molecular formula is C17H27N3OS. The summed E-state index contributed by atoms with van der Waals surface area (Å²) < 4.78 is 9.30. The minimum absolute atomic E-state index is 0.122. The molecule has 0 atom stereocenters. The Labute approximate surface area is 138 Å². The van der Waals surface area contributed by atoms with Crippen molar-refractivity contribution < 1.29 is 4.74 Å². The van der Waals surface area contributed by atoms with E-state index in [0.29, 0.717) is 5.96 Å². The van der Waals surface area contributed by atoms with Crippen molar-refractivity contribution in [1.82, 2.24) is 4.72 Å². The van der Waals surface area contributed by atoms with Crippen molar-refractivity contribution in [3.05, 3.63) is 22.3 Å². The molecule has 0 aromatic heterocycles. The summed E-state index contributed by atoms with van der Waals surface area (Å²) in [4.78, 5) is 5.50. The number of aliphatic imine (C=N–C) groups is 1. The second kappa shape index (κ2) is 6.41. The van der Waals surface area contributed by atoms with Crippen LogP contribution in [0, 0.1) is 20.8 Å². The van der Waals surface area contributed by atoms with Gasteiger partial charge in [0.1, 0.15) is 11.4 Å². The fourth-order valence-corrected chi connectivity index (χ4v) is 3.62. The third kappa shape index (κ3) is 3.35. The van der Waals surface area contributed by atoms with Crippen LogP contribution >= 0.6 is 11.9 Å². The molecule has 0 saturated heterocycles. The molecular weight excluding hydrogens is 294 g/mol. The van der Waals surface area contributed by atoms with Crippen LogP contribution in [-0.2, 0) is 6.42 Å². The lowest BCUT2D eigenvalue weighted by atomic mass is 9.94. The third-order valence-corrected chi connectivity index (χ3v) is 5.18. The number of nitrogens with one attached hydrogen (secondary N) is 1. The number of hydrogen-bond acceptors (Lipinski definition) is 3. The van der Waals surface area contributed by atoms with Gasteiger partial charge in [-0.05, 0) is 69.7 Å². The maximum absolute atomic E-state index is 6.14. The van der Waals surface area contributed by atoms with E-state index in [4.69, 9.17) is 10.5 Å². The van der Waals surface area contributed by atoms with Crippen LogP contribution in [0.3, 0.4) is 0 Å². The Morgan fingerprint density at radius 1 is 1.27 bits per heavy atom. The predicted molar refractivity (Wildman–Crippen MR) is 94.8 cm³/mol. The Balaban J connectivity index is 2.29. The van der Waals surface area contributed by atoms with Gasteiger partial charge in [-0.3, -0.25) is 9.71 Å². The normalized spacial score (nSPS) is 16.4. The monoisotopic (exact) mass is 321 g/mol. The first-order chi connectivity index (χ1) is 10.3. The van der Waals surface area contributed by atoms with Gasteiger partial charge in [-0.1, -0.05) is 6.92 Å². The molecule has 0 spiro atoms. The average Bonchev–Trinajstić information content (AvgIpc) is 2.79. The summed E-state index contributed by atoms with van der Waals surface area (Å²) in [5.74, 6) is 1.55. The first-order valence-corrected chi connectivity index (χ1v) is 8.63. The summed E-state index contributed by atoms with van der Waals surface area (Å²) in [7, 11) is 0. The Morgan fingerprint density at radius 3 is 2.59 bits per heavy atom. The largest absolute Gasteiger partial charge is 0.487 e.